The number of furan rings is 1. The molecule has 9 heteroatoms. The van der Waals surface area contributed by atoms with Crippen molar-refractivity contribution in [2.24, 2.45) is 0 Å². The highest BCUT2D eigenvalue weighted by Gasteiger charge is 2.36. The van der Waals surface area contributed by atoms with Crippen molar-refractivity contribution in [1.29, 1.82) is 0 Å². The van der Waals surface area contributed by atoms with E-state index in [1.165, 1.54) is 6.08 Å². The van der Waals surface area contributed by atoms with E-state index in [-0.39, 0.29) is 10.6 Å². The van der Waals surface area contributed by atoms with Gasteiger partial charge in [0, 0.05) is 17.7 Å². The number of amides is 3. The van der Waals surface area contributed by atoms with Crippen LogP contribution in [0.5, 0.6) is 0 Å². The molecule has 1 saturated heterocycles. The van der Waals surface area contributed by atoms with Crippen LogP contribution in [0.15, 0.2) is 70.0 Å². The zero-order valence-electron chi connectivity index (χ0n) is 15.8. The van der Waals surface area contributed by atoms with Crippen LogP contribution in [0, 0.1) is 11.6 Å². The van der Waals surface area contributed by atoms with Crippen LogP contribution in [-0.4, -0.2) is 28.5 Å². The van der Waals surface area contributed by atoms with Crippen LogP contribution in [0.4, 0.5) is 19.3 Å². The molecular formula is C22H14F2N2O4S. The smallest absolute Gasteiger partial charge is 0.294 e. The van der Waals surface area contributed by atoms with Crippen molar-refractivity contribution in [3.05, 3.63) is 83.0 Å². The summed E-state index contributed by atoms with van der Waals surface area (Å²) in [6.07, 6.45) is 1.43. The van der Waals surface area contributed by atoms with Gasteiger partial charge in [0.05, 0.1) is 10.6 Å². The van der Waals surface area contributed by atoms with Crippen LogP contribution >= 0.6 is 11.8 Å². The Labute approximate surface area is 179 Å². The van der Waals surface area contributed by atoms with Gasteiger partial charge >= 0.3 is 0 Å². The van der Waals surface area contributed by atoms with E-state index in [0.717, 1.165) is 22.6 Å². The molecule has 2 aromatic carbocycles. The third-order valence-electron chi connectivity index (χ3n) is 4.34. The minimum absolute atomic E-state index is 0.0970. The number of rotatable bonds is 5. The predicted molar refractivity (Wildman–Crippen MR) is 112 cm³/mol. The number of halogens is 2. The van der Waals surface area contributed by atoms with Gasteiger partial charge in [-0.15, -0.1) is 0 Å². The number of hydrogen-bond donors (Lipinski definition) is 1. The zero-order valence-corrected chi connectivity index (χ0v) is 16.6. The molecule has 3 amide bonds. The molecule has 0 aliphatic carbocycles. The Bertz CT molecular complexity index is 1210. The highest BCUT2D eigenvalue weighted by molar-refractivity contribution is 8.18. The Morgan fingerprint density at radius 2 is 1.84 bits per heavy atom. The largest absolute Gasteiger partial charge is 0.457 e. The normalized spacial score (nSPS) is 15.0. The SMILES string of the molecule is O=C(CN1C(=O)SC(=Cc2ccc(-c3ccccc3)o2)C1=O)Nc1ccc(F)cc1F. The molecule has 0 spiro atoms. The summed E-state index contributed by atoms with van der Waals surface area (Å²) < 4.78 is 32.4. The fourth-order valence-electron chi connectivity index (χ4n) is 2.88. The molecule has 31 heavy (non-hydrogen) atoms. The fourth-order valence-corrected chi connectivity index (χ4v) is 3.70. The number of carbonyl (C=O) groups is 3. The minimum atomic E-state index is -0.963. The average molecular weight is 440 g/mol. The minimum Gasteiger partial charge on any atom is -0.457 e. The zero-order chi connectivity index (χ0) is 22.0. The molecule has 0 unspecified atom stereocenters. The summed E-state index contributed by atoms with van der Waals surface area (Å²) in [6.45, 7) is -0.605. The molecule has 3 aromatic rings. The first-order valence-electron chi connectivity index (χ1n) is 9.06. The van der Waals surface area contributed by atoms with Crippen molar-refractivity contribution in [3.8, 4) is 11.3 Å². The Balaban J connectivity index is 1.45. The lowest BCUT2D eigenvalue weighted by atomic mass is 10.2. The summed E-state index contributed by atoms with van der Waals surface area (Å²) in [5.74, 6) is -2.23. The maximum Gasteiger partial charge on any atom is 0.294 e. The second-order valence-electron chi connectivity index (χ2n) is 6.51. The molecule has 6 nitrogen and oxygen atoms in total. The summed E-state index contributed by atoms with van der Waals surface area (Å²) in [5, 5.41) is 1.58. The second kappa shape index (κ2) is 8.57. The van der Waals surface area contributed by atoms with Gasteiger partial charge in [-0.2, -0.15) is 0 Å². The maximum absolute atomic E-state index is 13.7. The quantitative estimate of drug-likeness (QED) is 0.571. The van der Waals surface area contributed by atoms with Crippen molar-refractivity contribution in [1.82, 2.24) is 4.90 Å². The number of nitrogens with zero attached hydrogens (tertiary/aromatic N) is 1. The van der Waals surface area contributed by atoms with Gasteiger partial charge in [-0.25, -0.2) is 8.78 Å². The van der Waals surface area contributed by atoms with E-state index in [0.29, 0.717) is 29.3 Å². The summed E-state index contributed by atoms with van der Waals surface area (Å²) >= 11 is 0.670. The topological polar surface area (TPSA) is 79.6 Å². The maximum atomic E-state index is 13.7. The molecule has 0 radical (unpaired) electrons. The van der Waals surface area contributed by atoms with Crippen molar-refractivity contribution in [3.63, 3.8) is 0 Å². The van der Waals surface area contributed by atoms with Crippen molar-refractivity contribution >= 4 is 40.6 Å². The number of hydrogen-bond acceptors (Lipinski definition) is 5. The molecule has 0 saturated carbocycles. The third kappa shape index (κ3) is 4.56. The number of carbonyl (C=O) groups excluding carboxylic acids is 3. The van der Waals surface area contributed by atoms with E-state index in [1.807, 2.05) is 30.3 Å². The van der Waals surface area contributed by atoms with Crippen LogP contribution in [-0.2, 0) is 9.59 Å². The number of thioether (sulfide) groups is 1. The van der Waals surface area contributed by atoms with Gasteiger partial charge in [-0.05, 0) is 36.0 Å². The highest BCUT2D eigenvalue weighted by Crippen LogP contribution is 2.33. The summed E-state index contributed by atoms with van der Waals surface area (Å²) in [5.41, 5.74) is 0.609. The van der Waals surface area contributed by atoms with Gasteiger partial charge in [-0.3, -0.25) is 19.3 Å². The summed E-state index contributed by atoms with van der Waals surface area (Å²) in [6, 6.07) is 15.4. The van der Waals surface area contributed by atoms with Gasteiger partial charge in [0.25, 0.3) is 11.1 Å². The Kier molecular flexibility index (Phi) is 5.68. The summed E-state index contributed by atoms with van der Waals surface area (Å²) in [7, 11) is 0. The van der Waals surface area contributed by atoms with Crippen molar-refractivity contribution in [2.45, 2.75) is 0 Å². The molecule has 1 aliphatic heterocycles. The first-order chi connectivity index (χ1) is 14.9. The van der Waals surface area contributed by atoms with E-state index in [9.17, 15) is 23.2 Å². The fraction of sp³-hybridized carbons (Fsp3) is 0.0455. The van der Waals surface area contributed by atoms with Gasteiger partial charge in [0.1, 0.15) is 29.7 Å². The van der Waals surface area contributed by atoms with E-state index in [1.54, 1.807) is 12.1 Å². The molecule has 0 atom stereocenters. The van der Waals surface area contributed by atoms with Gasteiger partial charge in [-0.1, -0.05) is 30.3 Å². The lowest BCUT2D eigenvalue weighted by molar-refractivity contribution is -0.127. The Morgan fingerprint density at radius 1 is 1.06 bits per heavy atom. The lowest BCUT2D eigenvalue weighted by Gasteiger charge is -2.12. The third-order valence-corrected chi connectivity index (χ3v) is 5.25. The molecule has 1 aromatic heterocycles. The molecule has 1 fully saturated rings. The second-order valence-corrected chi connectivity index (χ2v) is 7.50. The summed E-state index contributed by atoms with van der Waals surface area (Å²) in [4.78, 5) is 37.8. The van der Waals surface area contributed by atoms with Crippen LogP contribution in [0.25, 0.3) is 17.4 Å². The number of nitrogens with one attached hydrogen (secondary N) is 1. The highest BCUT2D eigenvalue weighted by atomic mass is 32.2. The molecule has 1 aliphatic rings. The lowest BCUT2D eigenvalue weighted by Crippen LogP contribution is -2.36. The monoisotopic (exact) mass is 440 g/mol. The van der Waals surface area contributed by atoms with Crippen LogP contribution < -0.4 is 5.32 Å². The van der Waals surface area contributed by atoms with E-state index >= 15 is 0 Å². The average Bonchev–Trinajstić information content (AvgIpc) is 3.31. The number of benzene rings is 2. The predicted octanol–water partition coefficient (Wildman–Crippen LogP) is 4.90. The number of imide groups is 1. The molecule has 2 heterocycles. The van der Waals surface area contributed by atoms with Gasteiger partial charge in [0.15, 0.2) is 0 Å². The van der Waals surface area contributed by atoms with Gasteiger partial charge in [0.2, 0.25) is 5.91 Å². The van der Waals surface area contributed by atoms with E-state index in [2.05, 4.69) is 5.32 Å². The molecule has 1 N–H and O–H groups in total. The van der Waals surface area contributed by atoms with Crippen molar-refractivity contribution < 1.29 is 27.6 Å². The van der Waals surface area contributed by atoms with E-state index in [4.69, 9.17) is 4.42 Å². The number of anilines is 1. The molecular weight excluding hydrogens is 426 g/mol. The van der Waals surface area contributed by atoms with Gasteiger partial charge < -0.3 is 9.73 Å². The first-order valence-corrected chi connectivity index (χ1v) is 9.88. The Morgan fingerprint density at radius 3 is 2.58 bits per heavy atom. The molecule has 4 rings (SSSR count). The van der Waals surface area contributed by atoms with Crippen LogP contribution in [0.3, 0.4) is 0 Å². The van der Waals surface area contributed by atoms with Crippen LogP contribution in [0.1, 0.15) is 5.76 Å². The Hall–Kier alpha value is -3.72. The standard InChI is InChI=1S/C22H14F2N2O4S/c23-14-6-8-17(16(24)10-14)25-20(27)12-26-21(28)19(31-22(26)29)11-15-7-9-18(30-15)13-4-2-1-3-5-13/h1-11H,12H2,(H,25,27). The molecule has 0 bridgehead atoms. The van der Waals surface area contributed by atoms with Crippen LogP contribution in [0.2, 0.25) is 0 Å². The molecule has 156 valence electrons. The van der Waals surface area contributed by atoms with E-state index < -0.39 is 35.2 Å². The first kappa shape index (κ1) is 20.5. The van der Waals surface area contributed by atoms with Crippen molar-refractivity contribution in [2.75, 3.05) is 11.9 Å².